The number of benzene rings is 2. The largest absolute Gasteiger partial charge is 0.487 e. The lowest BCUT2D eigenvalue weighted by molar-refractivity contribution is -0.151. The summed E-state index contributed by atoms with van der Waals surface area (Å²) in [6.07, 6.45) is -0.291. The molecule has 0 aliphatic carbocycles. The van der Waals surface area contributed by atoms with Gasteiger partial charge in [-0.2, -0.15) is 0 Å². The normalized spacial score (nSPS) is 16.8. The second-order valence-electron chi connectivity index (χ2n) is 6.99. The molecule has 1 N–H and O–H groups in total. The van der Waals surface area contributed by atoms with E-state index in [4.69, 9.17) is 28.4 Å². The fourth-order valence-electron chi connectivity index (χ4n) is 2.95. The quantitative estimate of drug-likeness (QED) is 0.740. The minimum Gasteiger partial charge on any atom is -0.487 e. The van der Waals surface area contributed by atoms with E-state index in [-0.39, 0.29) is 26.2 Å². The Bertz CT molecular complexity index is 782. The smallest absolute Gasteiger partial charge is 0.308 e. The van der Waals surface area contributed by atoms with Gasteiger partial charge in [-0.1, -0.05) is 24.3 Å². The van der Waals surface area contributed by atoms with Crippen LogP contribution in [0.2, 0.25) is 0 Å². The molecule has 2 aromatic rings. The van der Waals surface area contributed by atoms with Crippen LogP contribution in [0.15, 0.2) is 48.5 Å². The summed E-state index contributed by atoms with van der Waals surface area (Å²) in [7, 11) is 0. The first-order valence-electron chi connectivity index (χ1n) is 10.2. The summed E-state index contributed by atoms with van der Waals surface area (Å²) in [5.74, 6) is 1.37. The summed E-state index contributed by atoms with van der Waals surface area (Å²) >= 11 is 0. The van der Waals surface area contributed by atoms with Gasteiger partial charge >= 0.3 is 5.97 Å². The molecule has 0 saturated heterocycles. The number of carbonyl (C=O) groups excluding carboxylic acids is 1. The van der Waals surface area contributed by atoms with Gasteiger partial charge < -0.3 is 33.5 Å². The van der Waals surface area contributed by atoms with Crippen molar-refractivity contribution in [3.8, 4) is 23.0 Å². The Morgan fingerprint density at radius 2 is 1.29 bits per heavy atom. The molecule has 0 fully saturated rings. The molecule has 0 spiro atoms. The van der Waals surface area contributed by atoms with E-state index in [2.05, 4.69) is 0 Å². The highest BCUT2D eigenvalue weighted by atomic mass is 16.6. The number of rotatable bonds is 3. The highest BCUT2D eigenvalue weighted by molar-refractivity contribution is 5.70. The first-order chi connectivity index (χ1) is 15.1. The highest BCUT2D eigenvalue weighted by Crippen LogP contribution is 2.30. The molecular formula is C23H28O8. The topological polar surface area (TPSA) is 92.7 Å². The Hall–Kier alpha value is -2.97. The Morgan fingerprint density at radius 1 is 0.839 bits per heavy atom. The standard InChI is InChI=1S/C23H28O8/c1-2-27-22(24)15-23(25)16-30-20-9-5-3-7-18(20)28-13-11-26-12-14-29-19-8-4-6-10-21(19)31-17-23/h3-10,25H,2,11-17H2,1H3. The van der Waals surface area contributed by atoms with Crippen LogP contribution in [-0.4, -0.2) is 62.9 Å². The average molecular weight is 432 g/mol. The van der Waals surface area contributed by atoms with Crippen LogP contribution < -0.4 is 18.9 Å². The maximum Gasteiger partial charge on any atom is 0.308 e. The number of fused-ring (bicyclic) bond motifs is 2. The van der Waals surface area contributed by atoms with Crippen molar-refractivity contribution in [2.45, 2.75) is 18.9 Å². The van der Waals surface area contributed by atoms with Crippen LogP contribution >= 0.6 is 0 Å². The number of para-hydroxylation sites is 4. The van der Waals surface area contributed by atoms with Gasteiger partial charge in [0, 0.05) is 0 Å². The molecule has 0 saturated carbocycles. The Labute approximate surface area is 181 Å². The van der Waals surface area contributed by atoms with E-state index in [9.17, 15) is 9.90 Å². The lowest BCUT2D eigenvalue weighted by Crippen LogP contribution is -2.44. The molecule has 8 nitrogen and oxygen atoms in total. The van der Waals surface area contributed by atoms with Crippen LogP contribution in [0.3, 0.4) is 0 Å². The van der Waals surface area contributed by atoms with Gasteiger partial charge in [0.05, 0.1) is 26.2 Å². The molecule has 0 unspecified atom stereocenters. The summed E-state index contributed by atoms with van der Waals surface area (Å²) in [5.41, 5.74) is -1.63. The monoisotopic (exact) mass is 432 g/mol. The Balaban J connectivity index is 1.82. The molecule has 1 heterocycles. The van der Waals surface area contributed by atoms with E-state index in [1.807, 2.05) is 12.1 Å². The third kappa shape index (κ3) is 7.04. The summed E-state index contributed by atoms with van der Waals surface area (Å²) in [4.78, 5) is 12.1. The van der Waals surface area contributed by atoms with Crippen molar-refractivity contribution in [3.63, 3.8) is 0 Å². The van der Waals surface area contributed by atoms with E-state index >= 15 is 0 Å². The fraction of sp³-hybridized carbons (Fsp3) is 0.435. The zero-order valence-electron chi connectivity index (χ0n) is 17.6. The molecule has 31 heavy (non-hydrogen) atoms. The lowest BCUT2D eigenvalue weighted by atomic mass is 10.0. The van der Waals surface area contributed by atoms with E-state index < -0.39 is 11.6 Å². The van der Waals surface area contributed by atoms with Gasteiger partial charge in [-0.15, -0.1) is 0 Å². The lowest BCUT2D eigenvalue weighted by Gasteiger charge is -2.28. The van der Waals surface area contributed by atoms with Crippen LogP contribution in [-0.2, 0) is 14.3 Å². The van der Waals surface area contributed by atoms with Crippen LogP contribution in [0, 0.1) is 0 Å². The predicted molar refractivity (Wildman–Crippen MR) is 112 cm³/mol. The summed E-state index contributed by atoms with van der Waals surface area (Å²) in [6, 6.07) is 14.2. The van der Waals surface area contributed by atoms with Gasteiger partial charge in [0.25, 0.3) is 0 Å². The maximum atomic E-state index is 12.1. The molecule has 0 bridgehead atoms. The van der Waals surface area contributed by atoms with Crippen molar-refractivity contribution in [2.24, 2.45) is 0 Å². The predicted octanol–water partition coefficient (Wildman–Crippen LogP) is 2.62. The first-order valence-corrected chi connectivity index (χ1v) is 10.2. The molecule has 0 aromatic heterocycles. The minimum absolute atomic E-state index is 0.203. The van der Waals surface area contributed by atoms with Gasteiger partial charge in [-0.25, -0.2) is 0 Å². The molecular weight excluding hydrogens is 404 g/mol. The fourth-order valence-corrected chi connectivity index (χ4v) is 2.95. The van der Waals surface area contributed by atoms with E-state index in [1.165, 1.54) is 0 Å². The zero-order chi connectivity index (χ0) is 21.9. The molecule has 2 aromatic carbocycles. The highest BCUT2D eigenvalue weighted by Gasteiger charge is 2.34. The second kappa shape index (κ2) is 11.4. The first kappa shape index (κ1) is 22.7. The van der Waals surface area contributed by atoms with Crippen LogP contribution in [0.4, 0.5) is 0 Å². The van der Waals surface area contributed by atoms with Crippen LogP contribution in [0.5, 0.6) is 23.0 Å². The van der Waals surface area contributed by atoms with E-state index in [1.54, 1.807) is 43.3 Å². The maximum absolute atomic E-state index is 12.1. The summed E-state index contributed by atoms with van der Waals surface area (Å²) in [5, 5.41) is 11.2. The molecule has 0 atom stereocenters. The van der Waals surface area contributed by atoms with Crippen molar-refractivity contribution >= 4 is 5.97 Å². The van der Waals surface area contributed by atoms with Gasteiger partial charge in [0.1, 0.15) is 32.0 Å². The van der Waals surface area contributed by atoms with Crippen LogP contribution in [0.1, 0.15) is 13.3 Å². The van der Waals surface area contributed by atoms with Gasteiger partial charge in [-0.3, -0.25) is 4.79 Å². The molecule has 168 valence electrons. The van der Waals surface area contributed by atoms with Crippen molar-refractivity contribution in [3.05, 3.63) is 48.5 Å². The number of carbonyl (C=O) groups is 1. The molecule has 1 aliphatic rings. The molecule has 1 aliphatic heterocycles. The number of hydrogen-bond acceptors (Lipinski definition) is 8. The third-order valence-corrected chi connectivity index (χ3v) is 4.44. The van der Waals surface area contributed by atoms with Crippen molar-refractivity contribution < 1.29 is 38.3 Å². The molecule has 8 heteroatoms. The molecule has 0 radical (unpaired) electrons. The van der Waals surface area contributed by atoms with E-state index in [0.29, 0.717) is 49.4 Å². The third-order valence-electron chi connectivity index (χ3n) is 4.44. The van der Waals surface area contributed by atoms with Crippen LogP contribution in [0.25, 0.3) is 0 Å². The summed E-state index contributed by atoms with van der Waals surface area (Å²) < 4.78 is 33.7. The molecule has 3 rings (SSSR count). The zero-order valence-corrected chi connectivity index (χ0v) is 17.6. The average Bonchev–Trinajstić information content (AvgIpc) is 2.76. The number of aliphatic hydroxyl groups is 1. The van der Waals surface area contributed by atoms with Gasteiger partial charge in [0.15, 0.2) is 23.0 Å². The van der Waals surface area contributed by atoms with Gasteiger partial charge in [0.2, 0.25) is 0 Å². The van der Waals surface area contributed by atoms with Crippen molar-refractivity contribution in [1.29, 1.82) is 0 Å². The van der Waals surface area contributed by atoms with Crippen molar-refractivity contribution in [2.75, 3.05) is 46.2 Å². The summed E-state index contributed by atoms with van der Waals surface area (Å²) in [6.45, 7) is 2.92. The second-order valence-corrected chi connectivity index (χ2v) is 6.99. The van der Waals surface area contributed by atoms with Gasteiger partial charge in [-0.05, 0) is 31.2 Å². The SMILES string of the molecule is CCOC(=O)CC1(O)COc2ccccc2OCCOCCOc2ccccc2OC1. The number of hydrogen-bond donors (Lipinski definition) is 1. The molecule has 0 amide bonds. The van der Waals surface area contributed by atoms with E-state index in [0.717, 1.165) is 0 Å². The Morgan fingerprint density at radius 3 is 1.74 bits per heavy atom. The number of ether oxygens (including phenoxy) is 6. The minimum atomic E-state index is -1.63. The Kier molecular flexibility index (Phi) is 8.37. The van der Waals surface area contributed by atoms with Crippen molar-refractivity contribution in [1.82, 2.24) is 0 Å². The number of esters is 1.